The van der Waals surface area contributed by atoms with Crippen LogP contribution >= 0.6 is 0 Å². The SMILES string of the molecule is CCCC(CC)C(N)CNC(C)C. The summed E-state index contributed by atoms with van der Waals surface area (Å²) in [4.78, 5) is 0. The minimum absolute atomic E-state index is 0.326. The minimum Gasteiger partial charge on any atom is -0.326 e. The Morgan fingerprint density at radius 2 is 1.85 bits per heavy atom. The van der Waals surface area contributed by atoms with Gasteiger partial charge in [0.15, 0.2) is 0 Å². The summed E-state index contributed by atoms with van der Waals surface area (Å²) >= 11 is 0. The topological polar surface area (TPSA) is 38.0 Å². The lowest BCUT2D eigenvalue weighted by molar-refractivity contribution is 0.356. The van der Waals surface area contributed by atoms with Crippen LogP contribution in [0.5, 0.6) is 0 Å². The van der Waals surface area contributed by atoms with E-state index in [1.807, 2.05) is 0 Å². The molecule has 0 aliphatic heterocycles. The van der Waals surface area contributed by atoms with Crippen LogP contribution in [0.15, 0.2) is 0 Å². The highest BCUT2D eigenvalue weighted by Gasteiger charge is 2.14. The highest BCUT2D eigenvalue weighted by Crippen LogP contribution is 2.13. The van der Waals surface area contributed by atoms with Crippen molar-refractivity contribution in [1.82, 2.24) is 5.32 Å². The molecular formula is C11H26N2. The van der Waals surface area contributed by atoms with Crippen molar-refractivity contribution in [3.05, 3.63) is 0 Å². The highest BCUT2D eigenvalue weighted by atomic mass is 14.9. The van der Waals surface area contributed by atoms with Crippen LogP contribution in [0.2, 0.25) is 0 Å². The third-order valence-electron chi connectivity index (χ3n) is 2.55. The predicted molar refractivity (Wildman–Crippen MR) is 59.8 cm³/mol. The molecule has 0 amide bonds. The molecule has 0 rings (SSSR count). The summed E-state index contributed by atoms with van der Waals surface area (Å²) in [5.74, 6) is 0.691. The molecule has 80 valence electrons. The first-order valence-corrected chi connectivity index (χ1v) is 5.60. The molecule has 0 saturated carbocycles. The van der Waals surface area contributed by atoms with E-state index in [0.29, 0.717) is 18.0 Å². The molecule has 0 aromatic carbocycles. The highest BCUT2D eigenvalue weighted by molar-refractivity contribution is 4.74. The Balaban J connectivity index is 3.69. The molecule has 2 unspecified atom stereocenters. The number of hydrogen-bond acceptors (Lipinski definition) is 2. The Morgan fingerprint density at radius 1 is 1.23 bits per heavy atom. The molecule has 13 heavy (non-hydrogen) atoms. The van der Waals surface area contributed by atoms with Crippen molar-refractivity contribution in [3.63, 3.8) is 0 Å². The Morgan fingerprint density at radius 3 is 2.23 bits per heavy atom. The fraction of sp³-hybridized carbons (Fsp3) is 1.00. The van der Waals surface area contributed by atoms with E-state index >= 15 is 0 Å². The molecule has 0 aromatic rings. The first-order chi connectivity index (χ1) is 6.11. The fourth-order valence-corrected chi connectivity index (χ4v) is 1.63. The molecule has 0 fully saturated rings. The lowest BCUT2D eigenvalue weighted by Gasteiger charge is -2.23. The van der Waals surface area contributed by atoms with Crippen molar-refractivity contribution in [2.75, 3.05) is 6.54 Å². The van der Waals surface area contributed by atoms with Crippen LogP contribution in [0.1, 0.15) is 47.0 Å². The first-order valence-electron chi connectivity index (χ1n) is 5.60. The maximum absolute atomic E-state index is 6.10. The van der Waals surface area contributed by atoms with Gasteiger partial charge in [-0.05, 0) is 12.3 Å². The standard InChI is InChI=1S/C11H26N2/c1-5-7-10(6-2)11(12)8-13-9(3)4/h9-11,13H,5-8,12H2,1-4H3. The molecule has 0 saturated heterocycles. The second-order valence-corrected chi connectivity index (χ2v) is 4.18. The third-order valence-corrected chi connectivity index (χ3v) is 2.55. The van der Waals surface area contributed by atoms with E-state index in [2.05, 4.69) is 33.0 Å². The molecule has 0 spiro atoms. The summed E-state index contributed by atoms with van der Waals surface area (Å²) in [5.41, 5.74) is 6.10. The normalized spacial score (nSPS) is 16.2. The molecule has 0 aliphatic carbocycles. The third kappa shape index (κ3) is 6.05. The van der Waals surface area contributed by atoms with Gasteiger partial charge in [-0.15, -0.1) is 0 Å². The van der Waals surface area contributed by atoms with Gasteiger partial charge in [0.1, 0.15) is 0 Å². The van der Waals surface area contributed by atoms with Crippen LogP contribution in [0.3, 0.4) is 0 Å². The molecule has 2 atom stereocenters. The van der Waals surface area contributed by atoms with Crippen LogP contribution in [0.4, 0.5) is 0 Å². The van der Waals surface area contributed by atoms with E-state index in [0.717, 1.165) is 6.54 Å². The lowest BCUT2D eigenvalue weighted by Crippen LogP contribution is -2.42. The van der Waals surface area contributed by atoms with Crippen LogP contribution in [0.25, 0.3) is 0 Å². The van der Waals surface area contributed by atoms with Gasteiger partial charge in [-0.2, -0.15) is 0 Å². The van der Waals surface area contributed by atoms with Gasteiger partial charge in [0, 0.05) is 18.6 Å². The maximum atomic E-state index is 6.10. The molecule has 0 aromatic heterocycles. The van der Waals surface area contributed by atoms with Crippen LogP contribution in [-0.2, 0) is 0 Å². The van der Waals surface area contributed by atoms with E-state index in [1.54, 1.807) is 0 Å². The van der Waals surface area contributed by atoms with Crippen molar-refractivity contribution in [2.45, 2.75) is 59.0 Å². The smallest absolute Gasteiger partial charge is 0.0193 e. The van der Waals surface area contributed by atoms with E-state index in [1.165, 1.54) is 19.3 Å². The van der Waals surface area contributed by atoms with Crippen LogP contribution in [0, 0.1) is 5.92 Å². The molecular weight excluding hydrogens is 160 g/mol. The minimum atomic E-state index is 0.326. The molecule has 0 aliphatic rings. The van der Waals surface area contributed by atoms with Crippen molar-refractivity contribution in [1.29, 1.82) is 0 Å². The summed E-state index contributed by atoms with van der Waals surface area (Å²) in [6, 6.07) is 0.873. The van der Waals surface area contributed by atoms with E-state index in [9.17, 15) is 0 Å². The maximum Gasteiger partial charge on any atom is 0.0193 e. The van der Waals surface area contributed by atoms with Gasteiger partial charge in [-0.1, -0.05) is 40.5 Å². The van der Waals surface area contributed by atoms with E-state index in [4.69, 9.17) is 5.73 Å². The van der Waals surface area contributed by atoms with Gasteiger partial charge >= 0.3 is 0 Å². The second-order valence-electron chi connectivity index (χ2n) is 4.18. The number of nitrogens with two attached hydrogens (primary N) is 1. The van der Waals surface area contributed by atoms with Crippen LogP contribution < -0.4 is 11.1 Å². The Kier molecular flexibility index (Phi) is 7.29. The monoisotopic (exact) mass is 186 g/mol. The first kappa shape index (κ1) is 12.9. The van der Waals surface area contributed by atoms with E-state index < -0.39 is 0 Å². The summed E-state index contributed by atoms with van der Waals surface area (Å²) < 4.78 is 0. The van der Waals surface area contributed by atoms with Crippen molar-refractivity contribution >= 4 is 0 Å². The Hall–Kier alpha value is -0.0800. The average molecular weight is 186 g/mol. The largest absolute Gasteiger partial charge is 0.326 e. The molecule has 2 heteroatoms. The Bertz CT molecular complexity index is 113. The van der Waals surface area contributed by atoms with Crippen LogP contribution in [-0.4, -0.2) is 18.6 Å². The second kappa shape index (κ2) is 7.34. The quantitative estimate of drug-likeness (QED) is 0.639. The summed E-state index contributed by atoms with van der Waals surface area (Å²) in [5, 5.41) is 3.39. The summed E-state index contributed by atoms with van der Waals surface area (Å²) in [6.45, 7) is 9.73. The molecule has 0 radical (unpaired) electrons. The molecule has 0 bridgehead atoms. The zero-order valence-electron chi connectivity index (χ0n) is 9.64. The van der Waals surface area contributed by atoms with Gasteiger partial charge in [0.25, 0.3) is 0 Å². The van der Waals surface area contributed by atoms with Gasteiger partial charge in [-0.3, -0.25) is 0 Å². The number of nitrogens with one attached hydrogen (secondary N) is 1. The number of hydrogen-bond donors (Lipinski definition) is 2. The molecule has 3 N–H and O–H groups in total. The predicted octanol–water partition coefficient (Wildman–Crippen LogP) is 2.14. The van der Waals surface area contributed by atoms with Crippen molar-refractivity contribution in [3.8, 4) is 0 Å². The fourth-order valence-electron chi connectivity index (χ4n) is 1.63. The number of rotatable bonds is 7. The van der Waals surface area contributed by atoms with Crippen molar-refractivity contribution < 1.29 is 0 Å². The molecule has 0 heterocycles. The zero-order valence-corrected chi connectivity index (χ0v) is 9.64. The Labute approximate surface area is 83.3 Å². The van der Waals surface area contributed by atoms with Gasteiger partial charge in [0.2, 0.25) is 0 Å². The zero-order chi connectivity index (χ0) is 10.3. The van der Waals surface area contributed by atoms with Crippen molar-refractivity contribution in [2.24, 2.45) is 11.7 Å². The van der Waals surface area contributed by atoms with Gasteiger partial charge in [0.05, 0.1) is 0 Å². The average Bonchev–Trinajstić information content (AvgIpc) is 2.10. The van der Waals surface area contributed by atoms with Gasteiger partial charge in [-0.25, -0.2) is 0 Å². The van der Waals surface area contributed by atoms with Gasteiger partial charge < -0.3 is 11.1 Å². The summed E-state index contributed by atoms with van der Waals surface area (Å²) in [7, 11) is 0. The molecule has 2 nitrogen and oxygen atoms in total. The summed E-state index contributed by atoms with van der Waals surface area (Å²) in [6.07, 6.45) is 3.71. The van der Waals surface area contributed by atoms with E-state index in [-0.39, 0.29) is 0 Å². The lowest BCUT2D eigenvalue weighted by atomic mass is 9.93.